The molecule has 0 heterocycles. The number of thioether (sulfide) groups is 1. The van der Waals surface area contributed by atoms with E-state index < -0.39 is 0 Å². The van der Waals surface area contributed by atoms with Crippen LogP contribution in [0.3, 0.4) is 0 Å². The van der Waals surface area contributed by atoms with Crippen LogP contribution in [0.5, 0.6) is 0 Å². The molecule has 1 unspecified atom stereocenters. The molecule has 1 N–H and O–H groups in total. The zero-order chi connectivity index (χ0) is 10.4. The quantitative estimate of drug-likeness (QED) is 0.778. The van der Waals surface area contributed by atoms with Gasteiger partial charge in [0, 0.05) is 15.7 Å². The summed E-state index contributed by atoms with van der Waals surface area (Å²) in [6.07, 6.45) is 0. The minimum absolute atomic E-state index is 0.684. The SMILES string of the molecule is CNCC(C)CSc1cccc(Cl)c1. The van der Waals surface area contributed by atoms with E-state index in [4.69, 9.17) is 11.6 Å². The molecular formula is C11H16ClNS. The summed E-state index contributed by atoms with van der Waals surface area (Å²) in [5.74, 6) is 1.81. The molecule has 0 aliphatic carbocycles. The van der Waals surface area contributed by atoms with Crippen molar-refractivity contribution < 1.29 is 0 Å². The van der Waals surface area contributed by atoms with Crippen LogP contribution in [-0.4, -0.2) is 19.3 Å². The third-order valence-electron chi connectivity index (χ3n) is 1.88. The van der Waals surface area contributed by atoms with Gasteiger partial charge in [0.1, 0.15) is 0 Å². The summed E-state index contributed by atoms with van der Waals surface area (Å²) in [7, 11) is 1.99. The molecular weight excluding hydrogens is 214 g/mol. The lowest BCUT2D eigenvalue weighted by atomic mass is 10.2. The second-order valence-corrected chi connectivity index (χ2v) is 4.96. The maximum Gasteiger partial charge on any atom is 0.0417 e. The van der Waals surface area contributed by atoms with E-state index in [1.165, 1.54) is 4.90 Å². The van der Waals surface area contributed by atoms with Gasteiger partial charge in [-0.2, -0.15) is 0 Å². The highest BCUT2D eigenvalue weighted by molar-refractivity contribution is 7.99. The lowest BCUT2D eigenvalue weighted by Crippen LogP contribution is -2.17. The van der Waals surface area contributed by atoms with E-state index in [9.17, 15) is 0 Å². The van der Waals surface area contributed by atoms with Crippen molar-refractivity contribution in [2.45, 2.75) is 11.8 Å². The Balaban J connectivity index is 2.37. The Hall–Kier alpha value is -0.180. The fourth-order valence-electron chi connectivity index (χ4n) is 1.20. The van der Waals surface area contributed by atoms with Gasteiger partial charge in [-0.25, -0.2) is 0 Å². The van der Waals surface area contributed by atoms with Crippen molar-refractivity contribution in [3.05, 3.63) is 29.3 Å². The first-order valence-electron chi connectivity index (χ1n) is 4.75. The summed E-state index contributed by atoms with van der Waals surface area (Å²) in [5, 5.41) is 3.99. The highest BCUT2D eigenvalue weighted by Crippen LogP contribution is 2.23. The van der Waals surface area contributed by atoms with E-state index >= 15 is 0 Å². The van der Waals surface area contributed by atoms with Gasteiger partial charge >= 0.3 is 0 Å². The van der Waals surface area contributed by atoms with Crippen LogP contribution >= 0.6 is 23.4 Å². The Morgan fingerprint density at radius 3 is 2.93 bits per heavy atom. The smallest absolute Gasteiger partial charge is 0.0417 e. The summed E-state index contributed by atoms with van der Waals surface area (Å²) in [5.41, 5.74) is 0. The van der Waals surface area contributed by atoms with Crippen molar-refractivity contribution in [1.29, 1.82) is 0 Å². The number of benzene rings is 1. The number of rotatable bonds is 5. The summed E-state index contributed by atoms with van der Waals surface area (Å²) < 4.78 is 0. The Labute approximate surface area is 95.2 Å². The molecule has 1 rings (SSSR count). The van der Waals surface area contributed by atoms with Crippen molar-refractivity contribution >= 4 is 23.4 Å². The monoisotopic (exact) mass is 229 g/mol. The zero-order valence-electron chi connectivity index (χ0n) is 8.59. The highest BCUT2D eigenvalue weighted by Gasteiger charge is 2.01. The minimum Gasteiger partial charge on any atom is -0.319 e. The second-order valence-electron chi connectivity index (χ2n) is 3.43. The van der Waals surface area contributed by atoms with E-state index in [0.29, 0.717) is 5.92 Å². The van der Waals surface area contributed by atoms with Crippen LogP contribution in [0.4, 0.5) is 0 Å². The van der Waals surface area contributed by atoms with Gasteiger partial charge in [-0.05, 0) is 37.7 Å². The van der Waals surface area contributed by atoms with E-state index in [1.807, 2.05) is 37.0 Å². The van der Waals surface area contributed by atoms with Crippen LogP contribution in [0.1, 0.15) is 6.92 Å². The number of halogens is 1. The molecule has 0 bridgehead atoms. The molecule has 1 aromatic carbocycles. The van der Waals surface area contributed by atoms with Crippen LogP contribution in [-0.2, 0) is 0 Å². The predicted molar refractivity (Wildman–Crippen MR) is 65.3 cm³/mol. The third kappa shape index (κ3) is 4.36. The normalized spacial score (nSPS) is 12.8. The molecule has 0 aliphatic rings. The van der Waals surface area contributed by atoms with Gasteiger partial charge < -0.3 is 5.32 Å². The molecule has 0 fully saturated rings. The van der Waals surface area contributed by atoms with Gasteiger partial charge in [-0.3, -0.25) is 0 Å². The van der Waals surface area contributed by atoms with Crippen LogP contribution < -0.4 is 5.32 Å². The molecule has 14 heavy (non-hydrogen) atoms. The van der Waals surface area contributed by atoms with Gasteiger partial charge in [0.2, 0.25) is 0 Å². The maximum atomic E-state index is 5.90. The molecule has 0 aromatic heterocycles. The summed E-state index contributed by atoms with van der Waals surface area (Å²) in [4.78, 5) is 1.25. The molecule has 1 nitrogen and oxygen atoms in total. The molecule has 3 heteroatoms. The molecule has 0 saturated carbocycles. The number of nitrogens with one attached hydrogen (secondary N) is 1. The van der Waals surface area contributed by atoms with E-state index in [2.05, 4.69) is 18.3 Å². The van der Waals surface area contributed by atoms with Crippen LogP contribution in [0.15, 0.2) is 29.2 Å². The van der Waals surface area contributed by atoms with Gasteiger partial charge in [0.15, 0.2) is 0 Å². The van der Waals surface area contributed by atoms with Crippen molar-refractivity contribution in [1.82, 2.24) is 5.32 Å². The average molecular weight is 230 g/mol. The van der Waals surface area contributed by atoms with E-state index in [1.54, 1.807) is 0 Å². The van der Waals surface area contributed by atoms with E-state index in [-0.39, 0.29) is 0 Å². The van der Waals surface area contributed by atoms with Crippen molar-refractivity contribution in [2.75, 3.05) is 19.3 Å². The van der Waals surface area contributed by atoms with E-state index in [0.717, 1.165) is 17.3 Å². The Bertz CT molecular complexity index is 278. The van der Waals surface area contributed by atoms with Crippen molar-refractivity contribution in [3.63, 3.8) is 0 Å². The summed E-state index contributed by atoms with van der Waals surface area (Å²) in [6.45, 7) is 3.31. The first kappa shape index (κ1) is 11.9. The lowest BCUT2D eigenvalue weighted by Gasteiger charge is -2.09. The Kier molecular flexibility index (Phi) is 5.38. The number of hydrogen-bond donors (Lipinski definition) is 1. The molecule has 0 radical (unpaired) electrons. The predicted octanol–water partition coefficient (Wildman–Crippen LogP) is 3.29. The lowest BCUT2D eigenvalue weighted by molar-refractivity contribution is 0.603. The second kappa shape index (κ2) is 6.33. The molecule has 0 aliphatic heterocycles. The van der Waals surface area contributed by atoms with Crippen LogP contribution in [0.2, 0.25) is 5.02 Å². The first-order chi connectivity index (χ1) is 6.72. The Morgan fingerprint density at radius 2 is 2.29 bits per heavy atom. The molecule has 0 saturated heterocycles. The van der Waals surface area contributed by atoms with Gasteiger partial charge in [0.05, 0.1) is 0 Å². The zero-order valence-corrected chi connectivity index (χ0v) is 10.2. The largest absolute Gasteiger partial charge is 0.319 e. The van der Waals surface area contributed by atoms with Crippen LogP contribution in [0.25, 0.3) is 0 Å². The number of hydrogen-bond acceptors (Lipinski definition) is 2. The third-order valence-corrected chi connectivity index (χ3v) is 3.44. The average Bonchev–Trinajstić information content (AvgIpc) is 2.15. The Morgan fingerprint density at radius 1 is 1.50 bits per heavy atom. The minimum atomic E-state index is 0.684. The summed E-state index contributed by atoms with van der Waals surface area (Å²) in [6, 6.07) is 8.01. The standard InChI is InChI=1S/C11H16ClNS/c1-9(7-13-2)8-14-11-5-3-4-10(12)6-11/h3-6,9,13H,7-8H2,1-2H3. The van der Waals surface area contributed by atoms with Crippen LogP contribution in [0, 0.1) is 5.92 Å². The van der Waals surface area contributed by atoms with Crippen molar-refractivity contribution in [3.8, 4) is 0 Å². The molecule has 1 aromatic rings. The topological polar surface area (TPSA) is 12.0 Å². The highest BCUT2D eigenvalue weighted by atomic mass is 35.5. The molecule has 1 atom stereocenters. The molecule has 78 valence electrons. The van der Waals surface area contributed by atoms with Crippen molar-refractivity contribution in [2.24, 2.45) is 5.92 Å². The first-order valence-corrected chi connectivity index (χ1v) is 6.11. The fourth-order valence-corrected chi connectivity index (χ4v) is 2.44. The molecule has 0 spiro atoms. The summed E-state index contributed by atoms with van der Waals surface area (Å²) >= 11 is 7.75. The van der Waals surface area contributed by atoms with Gasteiger partial charge in [0.25, 0.3) is 0 Å². The van der Waals surface area contributed by atoms with Gasteiger partial charge in [-0.1, -0.05) is 24.6 Å². The molecule has 0 amide bonds. The fraction of sp³-hybridized carbons (Fsp3) is 0.455. The van der Waals surface area contributed by atoms with Gasteiger partial charge in [-0.15, -0.1) is 11.8 Å². The maximum absolute atomic E-state index is 5.90.